The van der Waals surface area contributed by atoms with E-state index in [1.807, 2.05) is 18.0 Å². The number of aliphatic hydroxyl groups is 1. The Morgan fingerprint density at radius 3 is 2.32 bits per heavy atom. The summed E-state index contributed by atoms with van der Waals surface area (Å²) < 4.78 is 0. The van der Waals surface area contributed by atoms with Crippen molar-refractivity contribution in [2.45, 2.75) is 133 Å². The minimum atomic E-state index is -0.806. The molecule has 8 aliphatic rings. The quantitative estimate of drug-likeness (QED) is 0.159. The van der Waals surface area contributed by atoms with E-state index < -0.39 is 23.5 Å². The number of hydrazine groups is 1. The van der Waals surface area contributed by atoms with E-state index in [9.17, 15) is 24.3 Å². The van der Waals surface area contributed by atoms with Crippen molar-refractivity contribution in [1.82, 2.24) is 46.5 Å². The standard InChI is InChI=1S/C48H68N12O5/c1-47(65)18-3-2-4-23-59-45(64)36-31-50-46(55-42(36)60(59)40-7-5-6-39(47)53-40)51-32-8-10-33(11-9-32)57-26-28-58(29-27-57)34-16-19-48(20-17-34)21-24-56(25-22-48)35-12-13-37(49-30-35)43(62)52-38-14-15-41(61)54-44(38)63/h2,4,8-13,30,34,36,38-40,42,46,50-51,53,55,65H,3,5-7,14-29,31H2,1H3,(H,52,62)(H,54,61,63)/b4-2-/t36?,38?,39?,40?,42?,46?,47-/m1/s1. The zero-order valence-electron chi connectivity index (χ0n) is 37.9. The molecule has 17 nitrogen and oxygen atoms in total. The van der Waals surface area contributed by atoms with Crippen LogP contribution in [0.5, 0.6) is 0 Å². The van der Waals surface area contributed by atoms with Gasteiger partial charge in [0, 0.05) is 75.7 Å². The van der Waals surface area contributed by atoms with Gasteiger partial charge in [-0.15, -0.1) is 0 Å². The van der Waals surface area contributed by atoms with E-state index in [-0.39, 0.29) is 54.5 Å². The van der Waals surface area contributed by atoms with Crippen LogP contribution in [-0.4, -0.2) is 143 Å². The highest BCUT2D eigenvalue weighted by molar-refractivity contribution is 6.03. The van der Waals surface area contributed by atoms with Gasteiger partial charge in [0.05, 0.1) is 42.3 Å². The summed E-state index contributed by atoms with van der Waals surface area (Å²) in [7, 11) is 0. The number of aromatic nitrogens is 1. The third kappa shape index (κ3) is 9.37. The molecule has 2 bridgehead atoms. The topological polar surface area (TPSA) is 190 Å². The normalized spacial score (nSPS) is 33.1. The number of allylic oxidation sites excluding steroid dienone is 1. The molecule has 2 aromatic rings. The first-order valence-corrected chi connectivity index (χ1v) is 24.4. The number of rotatable bonds is 7. The second-order valence-electron chi connectivity index (χ2n) is 20.2. The Labute approximate surface area is 382 Å². The molecule has 350 valence electrons. The van der Waals surface area contributed by atoms with Gasteiger partial charge in [0.2, 0.25) is 17.7 Å². The average Bonchev–Trinajstić information content (AvgIpc) is 3.59. The maximum atomic E-state index is 13.8. The van der Waals surface area contributed by atoms with Crippen molar-refractivity contribution in [3.8, 4) is 0 Å². The molecule has 10 rings (SSSR count). The maximum absolute atomic E-state index is 13.8. The van der Waals surface area contributed by atoms with Gasteiger partial charge in [-0.2, -0.15) is 5.01 Å². The molecule has 6 saturated heterocycles. The molecule has 0 radical (unpaired) electrons. The lowest BCUT2D eigenvalue weighted by atomic mass is 9.66. The molecule has 1 saturated carbocycles. The molecule has 4 amide bonds. The molecule has 1 spiro atoms. The number of carbonyl (C=O) groups excluding carboxylic acids is 4. The molecule has 17 heteroatoms. The van der Waals surface area contributed by atoms with Crippen molar-refractivity contribution < 1.29 is 24.3 Å². The van der Waals surface area contributed by atoms with Crippen LogP contribution in [0.15, 0.2) is 54.7 Å². The van der Waals surface area contributed by atoms with Gasteiger partial charge in [-0.25, -0.2) is 4.98 Å². The smallest absolute Gasteiger partial charge is 0.270 e. The first-order valence-electron chi connectivity index (χ1n) is 24.4. The van der Waals surface area contributed by atoms with Crippen LogP contribution < -0.4 is 41.7 Å². The lowest BCUT2D eigenvalue weighted by Gasteiger charge is -2.49. The molecule has 1 aromatic carbocycles. The van der Waals surface area contributed by atoms with Crippen LogP contribution in [0.4, 0.5) is 17.1 Å². The highest BCUT2D eigenvalue weighted by Crippen LogP contribution is 2.46. The van der Waals surface area contributed by atoms with Gasteiger partial charge in [0.25, 0.3) is 5.91 Å². The van der Waals surface area contributed by atoms with E-state index in [4.69, 9.17) is 0 Å². The second kappa shape index (κ2) is 18.6. The summed E-state index contributed by atoms with van der Waals surface area (Å²) in [5, 5.41) is 35.2. The fourth-order valence-electron chi connectivity index (χ4n) is 12.1. The number of nitrogens with one attached hydrogen (secondary N) is 6. The van der Waals surface area contributed by atoms with Gasteiger partial charge >= 0.3 is 0 Å². The van der Waals surface area contributed by atoms with Gasteiger partial charge in [-0.3, -0.25) is 50.4 Å². The molecule has 8 heterocycles. The first-order chi connectivity index (χ1) is 31.5. The Morgan fingerprint density at radius 2 is 1.58 bits per heavy atom. The second-order valence-corrected chi connectivity index (χ2v) is 20.2. The molecule has 1 aromatic heterocycles. The molecular weight excluding hydrogens is 825 g/mol. The molecule has 65 heavy (non-hydrogen) atoms. The zero-order valence-corrected chi connectivity index (χ0v) is 37.9. The Morgan fingerprint density at radius 1 is 0.831 bits per heavy atom. The maximum Gasteiger partial charge on any atom is 0.270 e. The fourth-order valence-corrected chi connectivity index (χ4v) is 12.1. The minimum absolute atomic E-state index is 0.0176. The summed E-state index contributed by atoms with van der Waals surface area (Å²) >= 11 is 0. The number of pyridine rings is 1. The van der Waals surface area contributed by atoms with E-state index >= 15 is 0 Å². The number of carbonyl (C=O) groups is 4. The van der Waals surface area contributed by atoms with Crippen LogP contribution in [0.25, 0.3) is 0 Å². The van der Waals surface area contributed by atoms with E-state index in [0.717, 1.165) is 76.3 Å². The van der Waals surface area contributed by atoms with Crippen LogP contribution in [0.2, 0.25) is 0 Å². The van der Waals surface area contributed by atoms with Gasteiger partial charge < -0.3 is 25.5 Å². The summed E-state index contributed by atoms with van der Waals surface area (Å²) in [6, 6.07) is 12.4. The Kier molecular flexibility index (Phi) is 12.6. The van der Waals surface area contributed by atoms with E-state index in [1.165, 1.54) is 44.2 Å². The van der Waals surface area contributed by atoms with Crippen LogP contribution in [0.1, 0.15) is 101 Å². The third-order valence-corrected chi connectivity index (χ3v) is 16.2. The molecule has 7 fully saturated rings. The molecule has 1 aliphatic carbocycles. The summed E-state index contributed by atoms with van der Waals surface area (Å²) in [5.74, 6) is -1.24. The highest BCUT2D eigenvalue weighted by atomic mass is 16.3. The van der Waals surface area contributed by atoms with Crippen molar-refractivity contribution >= 4 is 40.7 Å². The van der Waals surface area contributed by atoms with Crippen molar-refractivity contribution in [3.63, 3.8) is 0 Å². The molecule has 7 aliphatic heterocycles. The number of anilines is 3. The number of hydrogen-bond donors (Lipinski definition) is 7. The van der Waals surface area contributed by atoms with E-state index in [0.29, 0.717) is 37.4 Å². The van der Waals surface area contributed by atoms with Gasteiger partial charge in [-0.1, -0.05) is 12.2 Å². The van der Waals surface area contributed by atoms with Crippen molar-refractivity contribution in [3.05, 3.63) is 60.4 Å². The van der Waals surface area contributed by atoms with E-state index in [1.54, 1.807) is 12.3 Å². The number of amides is 4. The van der Waals surface area contributed by atoms with E-state index in [2.05, 4.69) is 93.0 Å². The largest absolute Gasteiger partial charge is 0.389 e. The Bertz CT molecular complexity index is 2080. The highest BCUT2D eigenvalue weighted by Gasteiger charge is 2.53. The van der Waals surface area contributed by atoms with Crippen molar-refractivity contribution in [2.75, 3.05) is 67.5 Å². The van der Waals surface area contributed by atoms with Gasteiger partial charge in [0.15, 0.2) is 0 Å². The van der Waals surface area contributed by atoms with Gasteiger partial charge in [-0.05, 0) is 126 Å². The van der Waals surface area contributed by atoms with Crippen molar-refractivity contribution in [2.24, 2.45) is 11.3 Å². The first kappa shape index (κ1) is 44.2. The molecular formula is C48H68N12O5. The predicted octanol–water partition coefficient (Wildman–Crippen LogP) is 2.43. The number of piperazine rings is 1. The van der Waals surface area contributed by atoms with Crippen molar-refractivity contribution in [1.29, 1.82) is 0 Å². The SMILES string of the molecule is C[C@@]1(O)CC/C=C\CN2C(=O)C3CNC(Nc4ccc(N5CCN(C6CCC7(CC6)CCN(c6ccc(C(=O)NC8CCC(=O)NC8=O)nc6)CC7)CC5)cc4)NC3N2C2CCCC1N2. The van der Waals surface area contributed by atoms with Crippen LogP contribution in [0.3, 0.4) is 0 Å². The molecule has 7 atom stereocenters. The Hall–Kier alpha value is -4.65. The summed E-state index contributed by atoms with van der Waals surface area (Å²) in [6.45, 7) is 9.22. The summed E-state index contributed by atoms with van der Waals surface area (Å²) in [4.78, 5) is 62.1. The summed E-state index contributed by atoms with van der Waals surface area (Å²) in [6.07, 6.45) is 17.8. The number of piperidine rings is 3. The molecule has 7 N–H and O–H groups in total. The zero-order chi connectivity index (χ0) is 44.7. The lowest BCUT2D eigenvalue weighted by Crippen LogP contribution is -2.69. The van der Waals surface area contributed by atoms with Crippen LogP contribution in [-0.2, 0) is 14.4 Å². The summed E-state index contributed by atoms with van der Waals surface area (Å²) in [5.41, 5.74) is 3.15. The average molecular weight is 893 g/mol. The van der Waals surface area contributed by atoms with Crippen LogP contribution >= 0.6 is 0 Å². The van der Waals surface area contributed by atoms with Crippen LogP contribution in [0, 0.1) is 11.3 Å². The predicted molar refractivity (Wildman–Crippen MR) is 247 cm³/mol. The third-order valence-electron chi connectivity index (χ3n) is 16.2. The van der Waals surface area contributed by atoms with Gasteiger partial charge in [0.1, 0.15) is 18.0 Å². The number of nitrogens with zero attached hydrogens (tertiary/aromatic N) is 6. The number of fused-ring (bicyclic) bond motifs is 6. The molecule has 6 unspecified atom stereocenters. The fraction of sp³-hybridized carbons (Fsp3) is 0.646. The Balaban J connectivity index is 0.667. The number of imide groups is 1. The lowest BCUT2D eigenvalue weighted by molar-refractivity contribution is -0.146. The monoisotopic (exact) mass is 893 g/mol. The number of hydrogen-bond acceptors (Lipinski definition) is 14. The minimum Gasteiger partial charge on any atom is -0.389 e. The number of benzene rings is 1.